The molecule has 86 valence electrons. The maximum Gasteiger partial charge on any atom is 0.0462 e. The summed E-state index contributed by atoms with van der Waals surface area (Å²) in [6.07, 6.45) is 10.6. The number of hydrogen-bond acceptors (Lipinski definition) is 2. The second-order valence-corrected chi connectivity index (χ2v) is 3.81. The van der Waals surface area contributed by atoms with E-state index in [0.29, 0.717) is 0 Å². The minimum atomic E-state index is 0.924. The van der Waals surface area contributed by atoms with Crippen LogP contribution in [0.25, 0.3) is 0 Å². The van der Waals surface area contributed by atoms with Crippen molar-refractivity contribution in [3.05, 3.63) is 0 Å². The fraction of sp³-hybridized carbons (Fsp3) is 1.00. The number of hydrogen-bond donors (Lipinski definition) is 0. The highest BCUT2D eigenvalue weighted by Crippen LogP contribution is 2.08. The summed E-state index contributed by atoms with van der Waals surface area (Å²) in [4.78, 5) is 0. The Morgan fingerprint density at radius 2 is 0.786 bits per heavy atom. The topological polar surface area (TPSA) is 18.5 Å². The van der Waals surface area contributed by atoms with Crippen molar-refractivity contribution in [1.29, 1.82) is 0 Å². The molecule has 0 saturated heterocycles. The average molecular weight is 202 g/mol. The molecule has 0 spiro atoms. The van der Waals surface area contributed by atoms with Crippen molar-refractivity contribution in [3.63, 3.8) is 0 Å². The summed E-state index contributed by atoms with van der Waals surface area (Å²) in [5.74, 6) is 0. The van der Waals surface area contributed by atoms with Gasteiger partial charge in [-0.1, -0.05) is 38.5 Å². The predicted molar refractivity (Wildman–Crippen MR) is 60.7 cm³/mol. The van der Waals surface area contributed by atoms with Crippen molar-refractivity contribution < 1.29 is 9.47 Å². The minimum absolute atomic E-state index is 0.924. The van der Waals surface area contributed by atoms with Crippen molar-refractivity contribution in [1.82, 2.24) is 0 Å². The Balaban J connectivity index is 2.78. The minimum Gasteiger partial charge on any atom is -0.385 e. The summed E-state index contributed by atoms with van der Waals surface area (Å²) in [7, 11) is 3.55. The Hall–Kier alpha value is -0.0800. The molecule has 0 fully saturated rings. The van der Waals surface area contributed by atoms with Crippen LogP contribution in [0.4, 0.5) is 0 Å². The first-order chi connectivity index (χ1) is 6.91. The molecule has 0 bridgehead atoms. The van der Waals surface area contributed by atoms with E-state index in [1.807, 2.05) is 0 Å². The Labute approximate surface area is 89.0 Å². The summed E-state index contributed by atoms with van der Waals surface area (Å²) in [5.41, 5.74) is 0. The van der Waals surface area contributed by atoms with Crippen LogP contribution < -0.4 is 0 Å². The van der Waals surface area contributed by atoms with Crippen molar-refractivity contribution in [2.75, 3.05) is 27.4 Å². The van der Waals surface area contributed by atoms with Crippen LogP contribution in [-0.2, 0) is 9.47 Å². The molecule has 0 aromatic carbocycles. The third-order valence-corrected chi connectivity index (χ3v) is 2.45. The van der Waals surface area contributed by atoms with Gasteiger partial charge in [-0.25, -0.2) is 0 Å². The van der Waals surface area contributed by atoms with E-state index in [-0.39, 0.29) is 0 Å². The number of rotatable bonds is 11. The maximum absolute atomic E-state index is 5.00. The van der Waals surface area contributed by atoms with Crippen LogP contribution in [0.15, 0.2) is 0 Å². The highest BCUT2D eigenvalue weighted by molar-refractivity contribution is 4.46. The Bertz CT molecular complexity index is 82.3. The SMILES string of the molecule is COCCCCCCCCCCOC. The zero-order chi connectivity index (χ0) is 10.5. The monoisotopic (exact) mass is 202 g/mol. The molecule has 2 heteroatoms. The first-order valence-corrected chi connectivity index (χ1v) is 5.89. The lowest BCUT2D eigenvalue weighted by atomic mass is 10.1. The molecule has 0 unspecified atom stereocenters. The molecule has 0 amide bonds. The zero-order valence-electron chi connectivity index (χ0n) is 9.89. The molecule has 0 aromatic rings. The van der Waals surface area contributed by atoms with Gasteiger partial charge in [-0.05, 0) is 12.8 Å². The third kappa shape index (κ3) is 11.9. The molecule has 0 aliphatic carbocycles. The van der Waals surface area contributed by atoms with E-state index < -0.39 is 0 Å². The van der Waals surface area contributed by atoms with Crippen molar-refractivity contribution in [3.8, 4) is 0 Å². The smallest absolute Gasteiger partial charge is 0.0462 e. The number of ether oxygens (including phenoxy) is 2. The standard InChI is InChI=1S/C12H26O2/c1-13-11-9-7-5-3-4-6-8-10-12-14-2/h3-12H2,1-2H3. The van der Waals surface area contributed by atoms with Gasteiger partial charge in [0, 0.05) is 27.4 Å². The van der Waals surface area contributed by atoms with Crippen molar-refractivity contribution >= 4 is 0 Å². The molecule has 0 aliphatic heterocycles. The lowest BCUT2D eigenvalue weighted by Crippen LogP contribution is -1.89. The molecule has 0 heterocycles. The Kier molecular flexibility index (Phi) is 12.8. The molecular weight excluding hydrogens is 176 g/mol. The second-order valence-electron chi connectivity index (χ2n) is 3.81. The molecule has 0 radical (unpaired) electrons. The average Bonchev–Trinajstić information content (AvgIpc) is 2.21. The first-order valence-electron chi connectivity index (χ1n) is 5.89. The lowest BCUT2D eigenvalue weighted by molar-refractivity contribution is 0.190. The van der Waals surface area contributed by atoms with Crippen LogP contribution in [-0.4, -0.2) is 27.4 Å². The van der Waals surface area contributed by atoms with Crippen LogP contribution in [0, 0.1) is 0 Å². The third-order valence-electron chi connectivity index (χ3n) is 2.45. The molecule has 0 N–H and O–H groups in total. The summed E-state index contributed by atoms with van der Waals surface area (Å²) < 4.78 is 10.00. The molecule has 0 aromatic heterocycles. The van der Waals surface area contributed by atoms with Crippen molar-refractivity contribution in [2.24, 2.45) is 0 Å². The molecule has 2 nitrogen and oxygen atoms in total. The highest BCUT2D eigenvalue weighted by atomic mass is 16.5. The van der Waals surface area contributed by atoms with E-state index in [0.717, 1.165) is 13.2 Å². The Morgan fingerprint density at radius 1 is 0.500 bits per heavy atom. The molecule has 0 saturated carbocycles. The molecular formula is C12H26O2. The van der Waals surface area contributed by atoms with Gasteiger partial charge in [0.15, 0.2) is 0 Å². The molecule has 0 atom stereocenters. The molecule has 0 rings (SSSR count). The van der Waals surface area contributed by atoms with Gasteiger partial charge in [0.2, 0.25) is 0 Å². The summed E-state index contributed by atoms with van der Waals surface area (Å²) in [6, 6.07) is 0. The summed E-state index contributed by atoms with van der Waals surface area (Å²) >= 11 is 0. The van der Waals surface area contributed by atoms with Gasteiger partial charge in [-0.2, -0.15) is 0 Å². The van der Waals surface area contributed by atoms with E-state index in [1.165, 1.54) is 51.4 Å². The largest absolute Gasteiger partial charge is 0.385 e. The lowest BCUT2D eigenvalue weighted by Gasteiger charge is -2.01. The molecule has 0 aliphatic rings. The normalized spacial score (nSPS) is 10.7. The predicted octanol–water partition coefficient (Wildman–Crippen LogP) is 3.40. The second kappa shape index (κ2) is 12.9. The van der Waals surface area contributed by atoms with E-state index in [9.17, 15) is 0 Å². The van der Waals surface area contributed by atoms with Crippen LogP contribution in [0.3, 0.4) is 0 Å². The van der Waals surface area contributed by atoms with Gasteiger partial charge in [0.05, 0.1) is 0 Å². The van der Waals surface area contributed by atoms with Crippen LogP contribution in [0.2, 0.25) is 0 Å². The van der Waals surface area contributed by atoms with E-state index in [2.05, 4.69) is 0 Å². The van der Waals surface area contributed by atoms with E-state index >= 15 is 0 Å². The van der Waals surface area contributed by atoms with Crippen LogP contribution >= 0.6 is 0 Å². The van der Waals surface area contributed by atoms with Gasteiger partial charge in [-0.15, -0.1) is 0 Å². The fourth-order valence-electron chi connectivity index (χ4n) is 1.55. The van der Waals surface area contributed by atoms with Gasteiger partial charge in [-0.3, -0.25) is 0 Å². The fourth-order valence-corrected chi connectivity index (χ4v) is 1.55. The quantitative estimate of drug-likeness (QED) is 0.478. The summed E-state index contributed by atoms with van der Waals surface area (Å²) in [6.45, 7) is 1.85. The maximum atomic E-state index is 5.00. The highest BCUT2D eigenvalue weighted by Gasteiger charge is 1.91. The number of unbranched alkanes of at least 4 members (excludes halogenated alkanes) is 7. The van der Waals surface area contributed by atoms with Crippen LogP contribution in [0.5, 0.6) is 0 Å². The van der Waals surface area contributed by atoms with Crippen molar-refractivity contribution in [2.45, 2.75) is 51.4 Å². The van der Waals surface area contributed by atoms with E-state index in [4.69, 9.17) is 9.47 Å². The number of methoxy groups -OCH3 is 2. The summed E-state index contributed by atoms with van der Waals surface area (Å²) in [5, 5.41) is 0. The van der Waals surface area contributed by atoms with E-state index in [1.54, 1.807) is 14.2 Å². The molecule has 14 heavy (non-hydrogen) atoms. The van der Waals surface area contributed by atoms with Gasteiger partial charge < -0.3 is 9.47 Å². The van der Waals surface area contributed by atoms with Gasteiger partial charge in [0.25, 0.3) is 0 Å². The van der Waals surface area contributed by atoms with Gasteiger partial charge in [0.1, 0.15) is 0 Å². The van der Waals surface area contributed by atoms with Gasteiger partial charge >= 0.3 is 0 Å². The van der Waals surface area contributed by atoms with Crippen LogP contribution in [0.1, 0.15) is 51.4 Å². The first kappa shape index (κ1) is 13.9. The zero-order valence-corrected chi connectivity index (χ0v) is 9.89. The Morgan fingerprint density at radius 3 is 1.07 bits per heavy atom.